The van der Waals surface area contributed by atoms with Crippen molar-refractivity contribution >= 4 is 29.4 Å². The van der Waals surface area contributed by atoms with E-state index >= 15 is 0 Å². The van der Waals surface area contributed by atoms with Gasteiger partial charge in [-0.25, -0.2) is 0 Å². The lowest BCUT2D eigenvalue weighted by Gasteiger charge is -2.36. The summed E-state index contributed by atoms with van der Waals surface area (Å²) in [5.74, 6) is -3.19. The van der Waals surface area contributed by atoms with Gasteiger partial charge in [-0.2, -0.15) is 0 Å². The minimum Gasteiger partial charge on any atom is -0.467 e. The highest BCUT2D eigenvalue weighted by molar-refractivity contribution is 6.30. The second kappa shape index (κ2) is 10.4. The number of esters is 1. The van der Waals surface area contributed by atoms with Gasteiger partial charge in [-0.1, -0.05) is 48.0 Å². The van der Waals surface area contributed by atoms with Crippen LogP contribution in [0.25, 0.3) is 0 Å². The molecule has 0 unspecified atom stereocenters. The number of halogens is 1. The van der Waals surface area contributed by atoms with Gasteiger partial charge in [-0.05, 0) is 30.2 Å². The second-order valence-electron chi connectivity index (χ2n) is 7.08. The molecular weight excluding hydrogens is 422 g/mol. The Kier molecular flexibility index (Phi) is 7.65. The van der Waals surface area contributed by atoms with Crippen LogP contribution >= 0.6 is 11.6 Å². The Balaban J connectivity index is 1.98. The van der Waals surface area contributed by atoms with Gasteiger partial charge in [0.15, 0.2) is 6.79 Å². The van der Waals surface area contributed by atoms with Gasteiger partial charge in [0.05, 0.1) is 13.2 Å². The predicted molar refractivity (Wildman–Crippen MR) is 113 cm³/mol. The van der Waals surface area contributed by atoms with Crippen LogP contribution in [-0.4, -0.2) is 43.2 Å². The number of carbonyl (C=O) groups is 3. The fourth-order valence-corrected chi connectivity index (χ4v) is 3.82. The van der Waals surface area contributed by atoms with Crippen molar-refractivity contribution in [2.45, 2.75) is 25.8 Å². The van der Waals surface area contributed by atoms with E-state index in [9.17, 15) is 14.4 Å². The number of amides is 2. The summed E-state index contributed by atoms with van der Waals surface area (Å²) < 4.78 is 15.8. The van der Waals surface area contributed by atoms with Crippen LogP contribution in [0.5, 0.6) is 5.75 Å². The molecule has 1 heterocycles. The molecule has 1 aliphatic rings. The lowest BCUT2D eigenvalue weighted by molar-refractivity contribution is -0.163. The zero-order valence-electron chi connectivity index (χ0n) is 17.4. The van der Waals surface area contributed by atoms with Crippen molar-refractivity contribution in [1.29, 1.82) is 0 Å². The molecule has 0 bridgehead atoms. The molecule has 8 heteroatoms. The first-order valence-electron chi connectivity index (χ1n) is 9.92. The lowest BCUT2D eigenvalue weighted by atomic mass is 9.79. The van der Waals surface area contributed by atoms with Gasteiger partial charge < -0.3 is 14.2 Å². The van der Waals surface area contributed by atoms with E-state index in [1.54, 1.807) is 25.1 Å². The number of hydrogen-bond acceptors (Lipinski definition) is 6. The molecule has 2 aromatic carbocycles. The Hall–Kier alpha value is -2.90. The highest BCUT2D eigenvalue weighted by atomic mass is 35.5. The average Bonchev–Trinajstić information content (AvgIpc) is 2.75. The van der Waals surface area contributed by atoms with E-state index < -0.39 is 23.7 Å². The van der Waals surface area contributed by atoms with Crippen LogP contribution in [0.4, 0.5) is 0 Å². The molecule has 1 saturated heterocycles. The van der Waals surface area contributed by atoms with E-state index in [4.69, 9.17) is 25.8 Å². The minimum absolute atomic E-state index is 0.0486. The maximum atomic E-state index is 13.3. The number of piperidine rings is 1. The average molecular weight is 446 g/mol. The number of likely N-dealkylation sites (tertiary alicyclic amines) is 1. The van der Waals surface area contributed by atoms with Gasteiger partial charge in [0.1, 0.15) is 11.7 Å². The van der Waals surface area contributed by atoms with E-state index in [-0.39, 0.29) is 32.3 Å². The number of benzene rings is 2. The minimum atomic E-state index is -1.17. The maximum absolute atomic E-state index is 13.3. The molecule has 0 N–H and O–H groups in total. The highest BCUT2D eigenvalue weighted by Crippen LogP contribution is 2.41. The van der Waals surface area contributed by atoms with E-state index in [1.807, 2.05) is 30.3 Å². The molecule has 1 fully saturated rings. The molecular formula is C23H24ClNO6. The number of nitrogens with zero attached hydrogens (tertiary/aromatic N) is 1. The molecule has 164 valence electrons. The van der Waals surface area contributed by atoms with Crippen molar-refractivity contribution < 1.29 is 28.6 Å². The van der Waals surface area contributed by atoms with Crippen molar-refractivity contribution in [3.63, 3.8) is 0 Å². The van der Waals surface area contributed by atoms with Gasteiger partial charge in [-0.15, -0.1) is 0 Å². The van der Waals surface area contributed by atoms with Gasteiger partial charge in [0, 0.05) is 24.5 Å². The molecule has 1 aliphatic heterocycles. The Morgan fingerprint density at radius 2 is 1.90 bits per heavy atom. The molecule has 0 saturated carbocycles. The zero-order chi connectivity index (χ0) is 22.4. The van der Waals surface area contributed by atoms with Crippen molar-refractivity contribution in [2.75, 3.05) is 20.5 Å². The summed E-state index contributed by atoms with van der Waals surface area (Å²) in [6.45, 7) is 1.83. The molecule has 0 radical (unpaired) electrons. The van der Waals surface area contributed by atoms with Gasteiger partial charge in [-0.3, -0.25) is 19.3 Å². The largest absolute Gasteiger partial charge is 0.467 e. The number of carbonyl (C=O) groups excluding carboxylic acids is 3. The second-order valence-corrected chi connectivity index (χ2v) is 7.51. The molecule has 0 aliphatic carbocycles. The summed E-state index contributed by atoms with van der Waals surface area (Å²) >= 11 is 6.10. The van der Waals surface area contributed by atoms with E-state index in [0.717, 1.165) is 10.5 Å². The molecule has 0 spiro atoms. The maximum Gasteiger partial charge on any atom is 0.319 e. The fourth-order valence-electron chi connectivity index (χ4n) is 3.66. The third-order valence-electron chi connectivity index (χ3n) is 5.06. The fraction of sp³-hybridized carbons (Fsp3) is 0.348. The molecule has 31 heavy (non-hydrogen) atoms. The number of rotatable bonds is 8. The zero-order valence-corrected chi connectivity index (χ0v) is 18.1. The summed E-state index contributed by atoms with van der Waals surface area (Å²) in [7, 11) is 1.47. The molecule has 2 aromatic rings. The van der Waals surface area contributed by atoms with Crippen molar-refractivity contribution in [2.24, 2.45) is 5.92 Å². The number of imide groups is 1. The Morgan fingerprint density at radius 1 is 1.16 bits per heavy atom. The van der Waals surface area contributed by atoms with E-state index in [0.29, 0.717) is 16.3 Å². The van der Waals surface area contributed by atoms with E-state index in [1.165, 1.54) is 7.11 Å². The monoisotopic (exact) mass is 445 g/mol. The van der Waals surface area contributed by atoms with Crippen molar-refractivity contribution in [1.82, 2.24) is 4.90 Å². The molecule has 2 atom stereocenters. The number of methoxy groups -OCH3 is 1. The highest BCUT2D eigenvalue weighted by Gasteiger charge is 2.47. The molecule has 0 aromatic heterocycles. The van der Waals surface area contributed by atoms with Gasteiger partial charge in [0.25, 0.3) is 0 Å². The van der Waals surface area contributed by atoms with Gasteiger partial charge in [0.2, 0.25) is 11.8 Å². The summed E-state index contributed by atoms with van der Waals surface area (Å²) in [6.07, 6.45) is -0.0486. The van der Waals surface area contributed by atoms with Crippen LogP contribution in [0.3, 0.4) is 0 Å². The van der Waals surface area contributed by atoms with Crippen LogP contribution in [0.1, 0.15) is 30.4 Å². The van der Waals surface area contributed by atoms with E-state index in [2.05, 4.69) is 0 Å². The van der Waals surface area contributed by atoms with Crippen LogP contribution in [0.2, 0.25) is 5.02 Å². The Morgan fingerprint density at radius 3 is 2.58 bits per heavy atom. The lowest BCUT2D eigenvalue weighted by Crippen LogP contribution is -2.50. The molecule has 7 nitrogen and oxygen atoms in total. The Bertz CT molecular complexity index is 948. The normalized spacial score (nSPS) is 18.7. The first kappa shape index (κ1) is 22.8. The number of hydrogen-bond donors (Lipinski definition) is 0. The topological polar surface area (TPSA) is 82.1 Å². The summed E-state index contributed by atoms with van der Waals surface area (Å²) in [5, 5.41) is 0.418. The quantitative estimate of drug-likeness (QED) is 0.267. The van der Waals surface area contributed by atoms with Crippen LogP contribution < -0.4 is 4.74 Å². The van der Waals surface area contributed by atoms with Gasteiger partial charge >= 0.3 is 5.97 Å². The first-order valence-corrected chi connectivity index (χ1v) is 10.3. The first-order chi connectivity index (χ1) is 15.0. The smallest absolute Gasteiger partial charge is 0.319 e. The third kappa shape index (κ3) is 5.24. The standard InChI is InChI=1S/C23H24ClNO6/c1-3-30-23(28)21-18(17-10-9-16(24)11-19(17)31-14-29-2)12-20(26)25(22(21)27)13-15-7-5-4-6-8-15/h4-11,18,21H,3,12-14H2,1-2H3/t18-,21-/m0/s1. The summed E-state index contributed by atoms with van der Waals surface area (Å²) in [5.41, 5.74) is 1.32. The van der Waals surface area contributed by atoms with Crippen LogP contribution in [-0.2, 0) is 30.4 Å². The number of ether oxygens (including phenoxy) is 3. The predicted octanol–water partition coefficient (Wildman–Crippen LogP) is 3.54. The Labute approximate surface area is 185 Å². The third-order valence-corrected chi connectivity index (χ3v) is 5.30. The summed E-state index contributed by atoms with van der Waals surface area (Å²) in [4.78, 5) is 40.3. The molecule has 3 rings (SSSR count). The summed E-state index contributed by atoms with van der Waals surface area (Å²) in [6, 6.07) is 14.0. The van der Waals surface area contributed by atoms with Crippen molar-refractivity contribution in [3.8, 4) is 5.75 Å². The van der Waals surface area contributed by atoms with Crippen molar-refractivity contribution in [3.05, 3.63) is 64.7 Å². The molecule has 2 amide bonds. The van der Waals surface area contributed by atoms with Crippen LogP contribution in [0.15, 0.2) is 48.5 Å². The van der Waals surface area contributed by atoms with Crippen LogP contribution in [0, 0.1) is 5.92 Å². The SMILES string of the molecule is CCOC(=O)[C@@H]1C(=O)N(Cc2ccccc2)C(=O)C[C@H]1c1ccc(Cl)cc1OCOC.